The Morgan fingerprint density at radius 3 is 2.35 bits per heavy atom. The van der Waals surface area contributed by atoms with E-state index in [1.807, 2.05) is 30.3 Å². The van der Waals surface area contributed by atoms with Crippen molar-refractivity contribution in [2.45, 2.75) is 20.3 Å². The number of aromatic nitrogens is 1. The van der Waals surface area contributed by atoms with Gasteiger partial charge >= 0.3 is 5.97 Å². The molecule has 1 heterocycles. The summed E-state index contributed by atoms with van der Waals surface area (Å²) in [4.78, 5) is 40.8. The van der Waals surface area contributed by atoms with E-state index in [2.05, 4.69) is 10.3 Å². The van der Waals surface area contributed by atoms with Crippen molar-refractivity contribution in [2.75, 3.05) is 13.2 Å². The van der Waals surface area contributed by atoms with Crippen LogP contribution in [0.15, 0.2) is 54.6 Å². The van der Waals surface area contributed by atoms with Gasteiger partial charge < -0.3 is 15.0 Å². The lowest BCUT2D eigenvalue weighted by atomic mass is 9.98. The van der Waals surface area contributed by atoms with Crippen LogP contribution in [0.2, 0.25) is 0 Å². The Hall–Kier alpha value is -3.74. The molecule has 3 aromatic rings. The molecule has 0 radical (unpaired) electrons. The van der Waals surface area contributed by atoms with Gasteiger partial charge in [-0.25, -0.2) is 9.18 Å². The van der Waals surface area contributed by atoms with Gasteiger partial charge in [0, 0.05) is 17.8 Å². The number of H-pyrrole nitrogens is 1. The highest BCUT2D eigenvalue weighted by atomic mass is 19.1. The molecular formula is C24H23FN2O4. The molecule has 0 saturated carbocycles. The first-order chi connectivity index (χ1) is 14.9. The number of halogens is 1. The molecule has 0 unspecified atom stereocenters. The van der Waals surface area contributed by atoms with Crippen molar-refractivity contribution in [3.8, 4) is 11.1 Å². The van der Waals surface area contributed by atoms with Crippen LogP contribution in [0.1, 0.15) is 39.0 Å². The number of amides is 1. The van der Waals surface area contributed by atoms with E-state index >= 15 is 0 Å². The van der Waals surface area contributed by atoms with Gasteiger partial charge in [-0.3, -0.25) is 9.59 Å². The minimum Gasteiger partial charge on any atom is -0.462 e. The molecule has 0 aliphatic heterocycles. The monoisotopic (exact) mass is 422 g/mol. The summed E-state index contributed by atoms with van der Waals surface area (Å²) in [5, 5.41) is 2.62. The largest absolute Gasteiger partial charge is 0.462 e. The first-order valence-corrected chi connectivity index (χ1v) is 9.94. The van der Waals surface area contributed by atoms with Crippen molar-refractivity contribution in [2.24, 2.45) is 0 Å². The number of rotatable bonds is 8. The number of carbonyl (C=O) groups is 3. The highest BCUT2D eigenvalue weighted by Crippen LogP contribution is 2.31. The van der Waals surface area contributed by atoms with E-state index in [4.69, 9.17) is 4.74 Å². The first-order valence-electron chi connectivity index (χ1n) is 9.94. The molecule has 160 valence electrons. The van der Waals surface area contributed by atoms with Crippen LogP contribution in [-0.4, -0.2) is 35.8 Å². The molecule has 1 aromatic heterocycles. The van der Waals surface area contributed by atoms with E-state index in [1.54, 1.807) is 13.8 Å². The smallest absolute Gasteiger partial charge is 0.340 e. The maximum absolute atomic E-state index is 13.4. The van der Waals surface area contributed by atoms with E-state index in [9.17, 15) is 18.8 Å². The van der Waals surface area contributed by atoms with E-state index in [0.29, 0.717) is 17.7 Å². The average Bonchev–Trinajstić information content (AvgIpc) is 3.11. The van der Waals surface area contributed by atoms with E-state index in [-0.39, 0.29) is 30.0 Å². The Bertz CT molecular complexity index is 1090. The van der Waals surface area contributed by atoms with Crippen molar-refractivity contribution in [3.05, 3.63) is 82.9 Å². The SMILES string of the molecule is CCOC(=O)c1c(C)[nH]c(C(=O)C(=O)NCCc2ccccc2)c1-c1ccc(F)cc1. The molecule has 1 amide bonds. The summed E-state index contributed by atoms with van der Waals surface area (Å²) in [6, 6.07) is 14.9. The number of ketones is 1. The third-order valence-electron chi connectivity index (χ3n) is 4.78. The molecule has 0 bridgehead atoms. The predicted molar refractivity (Wildman–Crippen MR) is 114 cm³/mol. The Balaban J connectivity index is 1.89. The van der Waals surface area contributed by atoms with Crippen LogP contribution in [0.25, 0.3) is 11.1 Å². The van der Waals surface area contributed by atoms with Crippen molar-refractivity contribution in [1.82, 2.24) is 10.3 Å². The molecule has 2 N–H and O–H groups in total. The second-order valence-corrected chi connectivity index (χ2v) is 6.92. The topological polar surface area (TPSA) is 88.3 Å². The molecular weight excluding hydrogens is 399 g/mol. The molecule has 0 atom stereocenters. The normalized spacial score (nSPS) is 10.5. The summed E-state index contributed by atoms with van der Waals surface area (Å²) in [5.74, 6) is -2.69. The Kier molecular flexibility index (Phi) is 6.97. The van der Waals surface area contributed by atoms with Crippen LogP contribution in [0, 0.1) is 12.7 Å². The van der Waals surface area contributed by atoms with Crippen LogP contribution in [-0.2, 0) is 16.0 Å². The number of carbonyl (C=O) groups excluding carboxylic acids is 3. The first kappa shape index (κ1) is 22.0. The highest BCUT2D eigenvalue weighted by molar-refractivity contribution is 6.43. The number of benzene rings is 2. The van der Waals surface area contributed by atoms with Crippen LogP contribution in [0.3, 0.4) is 0 Å². The number of aryl methyl sites for hydroxylation is 1. The number of Topliss-reactive ketones (excluding diaryl/α,β-unsaturated/α-hetero) is 1. The lowest BCUT2D eigenvalue weighted by Gasteiger charge is -2.08. The van der Waals surface area contributed by atoms with Crippen molar-refractivity contribution >= 4 is 17.7 Å². The van der Waals surface area contributed by atoms with Crippen LogP contribution < -0.4 is 5.32 Å². The molecule has 0 saturated heterocycles. The number of ether oxygens (including phenoxy) is 1. The lowest BCUT2D eigenvalue weighted by molar-refractivity contribution is -0.117. The van der Waals surface area contributed by atoms with Gasteiger partial charge in [-0.2, -0.15) is 0 Å². The van der Waals surface area contributed by atoms with Gasteiger partial charge in [0.2, 0.25) is 0 Å². The maximum atomic E-state index is 13.4. The summed E-state index contributed by atoms with van der Waals surface area (Å²) in [6.45, 7) is 3.72. The summed E-state index contributed by atoms with van der Waals surface area (Å²) in [7, 11) is 0. The second-order valence-electron chi connectivity index (χ2n) is 6.92. The number of nitrogens with one attached hydrogen (secondary N) is 2. The third-order valence-corrected chi connectivity index (χ3v) is 4.78. The molecule has 0 aliphatic rings. The fourth-order valence-electron chi connectivity index (χ4n) is 3.32. The zero-order valence-corrected chi connectivity index (χ0v) is 17.3. The van der Waals surface area contributed by atoms with E-state index in [0.717, 1.165) is 5.56 Å². The van der Waals surface area contributed by atoms with Crippen molar-refractivity contribution in [1.29, 1.82) is 0 Å². The van der Waals surface area contributed by atoms with Crippen LogP contribution in [0.5, 0.6) is 0 Å². The van der Waals surface area contributed by atoms with Crippen LogP contribution in [0.4, 0.5) is 4.39 Å². The fourth-order valence-corrected chi connectivity index (χ4v) is 3.32. The fraction of sp³-hybridized carbons (Fsp3) is 0.208. The number of esters is 1. The van der Waals surface area contributed by atoms with E-state index in [1.165, 1.54) is 24.3 Å². The quantitative estimate of drug-likeness (QED) is 0.328. The minimum absolute atomic E-state index is 0.0376. The maximum Gasteiger partial charge on any atom is 0.340 e. The minimum atomic E-state index is -0.814. The van der Waals surface area contributed by atoms with Gasteiger partial charge in [0.15, 0.2) is 0 Å². The Labute approximate surface area is 179 Å². The van der Waals surface area contributed by atoms with Gasteiger partial charge in [0.05, 0.1) is 12.2 Å². The standard InChI is InChI=1S/C24H23FN2O4/c1-3-31-24(30)19-15(2)27-21(20(19)17-9-11-18(25)12-10-17)22(28)23(29)26-14-13-16-7-5-4-6-8-16/h4-12,27H,3,13-14H2,1-2H3,(H,26,29). The highest BCUT2D eigenvalue weighted by Gasteiger charge is 2.29. The van der Waals surface area contributed by atoms with Crippen molar-refractivity contribution in [3.63, 3.8) is 0 Å². The lowest BCUT2D eigenvalue weighted by Crippen LogP contribution is -2.33. The molecule has 2 aromatic carbocycles. The molecule has 0 aliphatic carbocycles. The number of aromatic amines is 1. The third kappa shape index (κ3) is 5.06. The molecule has 0 spiro atoms. The average molecular weight is 422 g/mol. The van der Waals surface area contributed by atoms with E-state index < -0.39 is 23.5 Å². The number of hydrogen-bond acceptors (Lipinski definition) is 4. The summed E-state index contributed by atoms with van der Waals surface area (Å²) >= 11 is 0. The summed E-state index contributed by atoms with van der Waals surface area (Å²) in [6.07, 6.45) is 0.572. The zero-order valence-electron chi connectivity index (χ0n) is 17.3. The molecule has 6 nitrogen and oxygen atoms in total. The van der Waals surface area contributed by atoms with Gasteiger partial charge in [-0.1, -0.05) is 42.5 Å². The molecule has 31 heavy (non-hydrogen) atoms. The van der Waals surface area contributed by atoms with Gasteiger partial charge in [-0.05, 0) is 43.5 Å². The Morgan fingerprint density at radius 1 is 1.03 bits per heavy atom. The zero-order chi connectivity index (χ0) is 22.4. The summed E-state index contributed by atoms with van der Waals surface area (Å²) < 4.78 is 18.5. The number of hydrogen-bond donors (Lipinski definition) is 2. The summed E-state index contributed by atoms with van der Waals surface area (Å²) in [5.41, 5.74) is 2.17. The second kappa shape index (κ2) is 9.84. The predicted octanol–water partition coefficient (Wildman–Crippen LogP) is 3.85. The van der Waals surface area contributed by atoms with Gasteiger partial charge in [-0.15, -0.1) is 0 Å². The van der Waals surface area contributed by atoms with Crippen molar-refractivity contribution < 1.29 is 23.5 Å². The molecule has 3 rings (SSSR count). The van der Waals surface area contributed by atoms with Gasteiger partial charge in [0.25, 0.3) is 11.7 Å². The Morgan fingerprint density at radius 2 is 1.71 bits per heavy atom. The van der Waals surface area contributed by atoms with Crippen LogP contribution >= 0.6 is 0 Å². The molecule has 7 heteroatoms. The molecule has 0 fully saturated rings. The van der Waals surface area contributed by atoms with Gasteiger partial charge in [0.1, 0.15) is 11.5 Å².